The van der Waals surface area contributed by atoms with Gasteiger partial charge in [-0.25, -0.2) is 0 Å². The van der Waals surface area contributed by atoms with Gasteiger partial charge in [-0.15, -0.1) is 0 Å². The summed E-state index contributed by atoms with van der Waals surface area (Å²) in [5, 5.41) is 0. The number of anilines is 3. The fourth-order valence-corrected chi connectivity index (χ4v) is 5.96. The monoisotopic (exact) mass is 493 g/mol. The van der Waals surface area contributed by atoms with Gasteiger partial charge in [-0.1, -0.05) is 90.0 Å². The van der Waals surface area contributed by atoms with Crippen LogP contribution in [0.25, 0.3) is 11.1 Å². The molecule has 0 saturated heterocycles. The molecule has 2 aromatic heterocycles. The molecule has 0 spiro atoms. The van der Waals surface area contributed by atoms with E-state index in [9.17, 15) is 0 Å². The number of nitrogens with zero attached hydrogens (tertiary/aromatic N) is 1. The van der Waals surface area contributed by atoms with E-state index in [-0.39, 0.29) is 0 Å². The molecule has 1 aliphatic rings. The molecule has 0 aliphatic heterocycles. The first-order valence-electron chi connectivity index (χ1n) is 12.9. The maximum atomic E-state index is 5.87. The van der Waals surface area contributed by atoms with Crippen molar-refractivity contribution < 1.29 is 8.83 Å². The van der Waals surface area contributed by atoms with Crippen molar-refractivity contribution >= 4 is 17.5 Å². The van der Waals surface area contributed by atoms with Gasteiger partial charge in [0.05, 0.1) is 23.6 Å². The lowest BCUT2D eigenvalue weighted by Gasteiger charge is -2.34. The maximum absolute atomic E-state index is 5.87. The molecule has 0 N–H and O–H groups in total. The third-order valence-electron chi connectivity index (χ3n) is 7.71. The minimum Gasteiger partial charge on any atom is -0.448 e. The van der Waals surface area contributed by atoms with Gasteiger partial charge in [-0.05, 0) is 71.5 Å². The van der Waals surface area contributed by atoms with Gasteiger partial charge < -0.3 is 8.83 Å². The third kappa shape index (κ3) is 3.29. The summed E-state index contributed by atoms with van der Waals surface area (Å²) in [7, 11) is 0. The number of benzene rings is 4. The minimum absolute atomic E-state index is 0.471. The van der Waals surface area contributed by atoms with Crippen LogP contribution in [0.4, 0.5) is 17.5 Å². The van der Waals surface area contributed by atoms with Gasteiger partial charge in [0, 0.05) is 12.1 Å². The zero-order valence-electron chi connectivity index (χ0n) is 21.4. The average molecular weight is 494 g/mol. The van der Waals surface area contributed by atoms with E-state index in [4.69, 9.17) is 8.83 Å². The van der Waals surface area contributed by atoms with Gasteiger partial charge in [0.25, 0.3) is 0 Å². The van der Waals surface area contributed by atoms with E-state index in [1.54, 1.807) is 12.5 Å². The zero-order chi connectivity index (χ0) is 25.7. The molecule has 6 aromatic rings. The Morgan fingerprint density at radius 1 is 0.526 bits per heavy atom. The van der Waals surface area contributed by atoms with Crippen LogP contribution < -0.4 is 4.90 Å². The molecular weight excluding hydrogens is 466 g/mol. The molecule has 0 radical (unpaired) electrons. The Morgan fingerprint density at radius 2 is 1.08 bits per heavy atom. The number of rotatable bonds is 5. The summed E-state index contributed by atoms with van der Waals surface area (Å²) in [5.74, 6) is 1.40. The average Bonchev–Trinajstić information content (AvgIpc) is 3.72. The first kappa shape index (κ1) is 22.4. The van der Waals surface area contributed by atoms with E-state index >= 15 is 0 Å². The largest absolute Gasteiger partial charge is 0.448 e. The molecule has 7 rings (SSSR count). The van der Waals surface area contributed by atoms with Crippen molar-refractivity contribution in [2.45, 2.75) is 19.3 Å². The standard InChI is InChI=1S/C35H27NO2/c1-24-11-15-26(16-12-24)35(27-17-13-25(2)14-18-27)31-8-4-3-7-29(31)30-20-19-28(23-32(30)35)36(33-9-5-21-37-33)34-10-6-22-38-34/h3-23H,1-2H3. The third-order valence-corrected chi connectivity index (χ3v) is 7.71. The predicted molar refractivity (Wildman–Crippen MR) is 152 cm³/mol. The van der Waals surface area contributed by atoms with E-state index in [0.717, 1.165) is 5.69 Å². The summed E-state index contributed by atoms with van der Waals surface area (Å²) >= 11 is 0. The summed E-state index contributed by atoms with van der Waals surface area (Å²) in [4.78, 5) is 2.03. The van der Waals surface area contributed by atoms with Crippen molar-refractivity contribution in [3.05, 3.63) is 161 Å². The second-order valence-corrected chi connectivity index (χ2v) is 10.00. The Hall–Kier alpha value is -4.76. The highest BCUT2D eigenvalue weighted by molar-refractivity contribution is 5.88. The highest BCUT2D eigenvalue weighted by atomic mass is 16.4. The van der Waals surface area contributed by atoms with Crippen molar-refractivity contribution in [2.75, 3.05) is 4.90 Å². The summed E-state index contributed by atoms with van der Waals surface area (Å²) in [6.07, 6.45) is 3.38. The van der Waals surface area contributed by atoms with E-state index in [1.165, 1.54) is 44.5 Å². The normalized spacial score (nSPS) is 13.2. The SMILES string of the molecule is Cc1ccc(C2(c3ccc(C)cc3)c3ccccc3-c3ccc(N(c4ccco4)c4ccco4)cc32)cc1. The Kier molecular flexibility index (Phi) is 5.12. The minimum atomic E-state index is -0.471. The maximum Gasteiger partial charge on any atom is 0.206 e. The molecule has 0 bridgehead atoms. The Morgan fingerprint density at radius 3 is 1.63 bits per heavy atom. The Bertz CT molecular complexity index is 1630. The van der Waals surface area contributed by atoms with Gasteiger partial charge >= 0.3 is 0 Å². The van der Waals surface area contributed by atoms with Gasteiger partial charge in [0.15, 0.2) is 0 Å². The summed E-state index contributed by atoms with van der Waals surface area (Å²) in [5.41, 5.74) is 10.5. The molecule has 0 amide bonds. The topological polar surface area (TPSA) is 29.5 Å². The van der Waals surface area contributed by atoms with E-state index in [2.05, 4.69) is 105 Å². The molecule has 0 atom stereocenters. The number of hydrogen-bond donors (Lipinski definition) is 0. The predicted octanol–water partition coefficient (Wildman–Crippen LogP) is 9.32. The van der Waals surface area contributed by atoms with Crippen LogP contribution in [-0.2, 0) is 5.41 Å². The fourth-order valence-electron chi connectivity index (χ4n) is 5.96. The van der Waals surface area contributed by atoms with Crippen molar-refractivity contribution in [3.8, 4) is 11.1 Å². The van der Waals surface area contributed by atoms with Crippen LogP contribution >= 0.6 is 0 Å². The number of aryl methyl sites for hydroxylation is 2. The quantitative estimate of drug-likeness (QED) is 0.239. The van der Waals surface area contributed by atoms with Crippen LogP contribution in [-0.4, -0.2) is 0 Å². The van der Waals surface area contributed by atoms with Crippen LogP contribution in [0.15, 0.2) is 137 Å². The first-order valence-corrected chi connectivity index (χ1v) is 12.9. The summed E-state index contributed by atoms with van der Waals surface area (Å²) in [6, 6.07) is 41.2. The van der Waals surface area contributed by atoms with Crippen LogP contribution in [0.1, 0.15) is 33.4 Å². The smallest absolute Gasteiger partial charge is 0.206 e. The van der Waals surface area contributed by atoms with Crippen LogP contribution in [0, 0.1) is 13.8 Å². The number of hydrogen-bond acceptors (Lipinski definition) is 3. The summed E-state index contributed by atoms with van der Waals surface area (Å²) in [6.45, 7) is 4.28. The lowest BCUT2D eigenvalue weighted by atomic mass is 9.67. The van der Waals surface area contributed by atoms with Gasteiger partial charge in [-0.2, -0.15) is 0 Å². The number of furan rings is 2. The van der Waals surface area contributed by atoms with Crippen molar-refractivity contribution in [3.63, 3.8) is 0 Å². The molecule has 1 aliphatic carbocycles. The molecule has 0 saturated carbocycles. The molecule has 3 heteroatoms. The second-order valence-electron chi connectivity index (χ2n) is 10.00. The molecule has 4 aromatic carbocycles. The van der Waals surface area contributed by atoms with E-state index in [1.807, 2.05) is 29.2 Å². The molecule has 0 fully saturated rings. The van der Waals surface area contributed by atoms with Gasteiger partial charge in [0.2, 0.25) is 11.8 Å². The molecule has 2 heterocycles. The molecule has 38 heavy (non-hydrogen) atoms. The van der Waals surface area contributed by atoms with Gasteiger partial charge in [-0.3, -0.25) is 4.90 Å². The highest BCUT2D eigenvalue weighted by Crippen LogP contribution is 2.57. The number of fused-ring (bicyclic) bond motifs is 3. The molecule has 0 unspecified atom stereocenters. The molecule has 3 nitrogen and oxygen atoms in total. The van der Waals surface area contributed by atoms with Crippen molar-refractivity contribution in [1.82, 2.24) is 0 Å². The highest BCUT2D eigenvalue weighted by Gasteiger charge is 2.46. The lowest BCUT2D eigenvalue weighted by molar-refractivity contribution is 0.539. The fraction of sp³-hybridized carbons (Fsp3) is 0.0857. The Balaban J connectivity index is 1.56. The van der Waals surface area contributed by atoms with Crippen LogP contribution in [0.3, 0.4) is 0 Å². The molecule has 184 valence electrons. The van der Waals surface area contributed by atoms with Crippen LogP contribution in [0.5, 0.6) is 0 Å². The second kappa shape index (κ2) is 8.67. The van der Waals surface area contributed by atoms with E-state index in [0.29, 0.717) is 11.8 Å². The van der Waals surface area contributed by atoms with Crippen molar-refractivity contribution in [2.24, 2.45) is 0 Å². The van der Waals surface area contributed by atoms with Crippen molar-refractivity contribution in [1.29, 1.82) is 0 Å². The molecular formula is C35H27NO2. The van der Waals surface area contributed by atoms with Gasteiger partial charge in [0.1, 0.15) is 0 Å². The lowest BCUT2D eigenvalue weighted by Crippen LogP contribution is -2.28. The summed E-state index contributed by atoms with van der Waals surface area (Å²) < 4.78 is 11.7. The van der Waals surface area contributed by atoms with Crippen LogP contribution in [0.2, 0.25) is 0 Å². The van der Waals surface area contributed by atoms with E-state index < -0.39 is 5.41 Å². The zero-order valence-corrected chi connectivity index (χ0v) is 21.4. The Labute approximate surface area is 222 Å². The first-order chi connectivity index (χ1) is 18.7.